The SMILES string of the molecule is c1cc(-c2ccccc2N(c2ccc(-c3ccc4c5ccccc5c5ccccc5c4c3)cc2)c2ccc(-c3cccc4c3sc3ccccc34)cc2)cc(-c2cccc3ccccc23)c1. The van der Waals surface area contributed by atoms with Gasteiger partial charge in [-0.1, -0.05) is 200 Å². The Balaban J connectivity index is 0.942. The molecule has 0 saturated carbocycles. The summed E-state index contributed by atoms with van der Waals surface area (Å²) in [6.07, 6.45) is 0. The van der Waals surface area contributed by atoms with Crippen molar-refractivity contribution in [3.63, 3.8) is 0 Å². The highest BCUT2D eigenvalue weighted by Gasteiger charge is 2.19. The van der Waals surface area contributed by atoms with Crippen LogP contribution in [0.3, 0.4) is 0 Å². The van der Waals surface area contributed by atoms with E-state index in [4.69, 9.17) is 0 Å². The average molecular weight is 856 g/mol. The molecule has 2 heteroatoms. The molecule has 0 atom stereocenters. The van der Waals surface area contributed by atoms with E-state index in [0.29, 0.717) is 0 Å². The number of fused-ring (bicyclic) bond motifs is 10. The molecule has 1 aromatic heterocycles. The van der Waals surface area contributed by atoms with Crippen molar-refractivity contribution in [3.8, 4) is 44.5 Å². The Bertz CT molecular complexity index is 3950. The lowest BCUT2D eigenvalue weighted by molar-refractivity contribution is 1.28. The van der Waals surface area contributed by atoms with Gasteiger partial charge in [-0.15, -0.1) is 11.3 Å². The molecule has 0 amide bonds. The maximum absolute atomic E-state index is 2.42. The van der Waals surface area contributed by atoms with Crippen LogP contribution in [0.1, 0.15) is 0 Å². The van der Waals surface area contributed by atoms with Crippen molar-refractivity contribution >= 4 is 91.7 Å². The van der Waals surface area contributed by atoms with E-state index in [1.165, 1.54) is 102 Å². The third kappa shape index (κ3) is 6.37. The molecule has 308 valence electrons. The van der Waals surface area contributed by atoms with Crippen molar-refractivity contribution in [3.05, 3.63) is 249 Å². The molecule has 13 rings (SSSR count). The van der Waals surface area contributed by atoms with Crippen LogP contribution in [0.4, 0.5) is 17.1 Å². The van der Waals surface area contributed by atoms with Crippen LogP contribution in [-0.4, -0.2) is 0 Å². The Morgan fingerprint density at radius 2 is 0.742 bits per heavy atom. The molecule has 1 heterocycles. The molecule has 1 nitrogen and oxygen atoms in total. The number of hydrogen-bond acceptors (Lipinski definition) is 2. The van der Waals surface area contributed by atoms with Crippen molar-refractivity contribution in [2.75, 3.05) is 4.90 Å². The van der Waals surface area contributed by atoms with Gasteiger partial charge in [0.05, 0.1) is 5.69 Å². The second-order valence-electron chi connectivity index (χ2n) is 17.2. The maximum Gasteiger partial charge on any atom is 0.0540 e. The summed E-state index contributed by atoms with van der Waals surface area (Å²) in [6.45, 7) is 0. The molecule has 0 aliphatic heterocycles. The van der Waals surface area contributed by atoms with E-state index in [0.717, 1.165) is 22.6 Å². The van der Waals surface area contributed by atoms with Crippen molar-refractivity contribution in [1.29, 1.82) is 0 Å². The molecule has 13 aromatic rings. The second kappa shape index (κ2) is 15.7. The zero-order chi connectivity index (χ0) is 43.6. The lowest BCUT2D eigenvalue weighted by atomic mass is 9.92. The maximum atomic E-state index is 2.42. The number of anilines is 3. The number of para-hydroxylation sites is 1. The third-order valence-corrected chi connectivity index (χ3v) is 14.7. The monoisotopic (exact) mass is 855 g/mol. The smallest absolute Gasteiger partial charge is 0.0540 e. The van der Waals surface area contributed by atoms with Crippen LogP contribution in [0, 0.1) is 0 Å². The quantitative estimate of drug-likeness (QED) is 0.144. The Morgan fingerprint density at radius 1 is 0.258 bits per heavy atom. The van der Waals surface area contributed by atoms with Crippen LogP contribution < -0.4 is 4.90 Å². The first kappa shape index (κ1) is 38.2. The highest BCUT2D eigenvalue weighted by Crippen LogP contribution is 2.45. The summed E-state index contributed by atoms with van der Waals surface area (Å²) in [5, 5.41) is 12.8. The summed E-state index contributed by atoms with van der Waals surface area (Å²) in [7, 11) is 0. The van der Waals surface area contributed by atoms with Crippen LogP contribution in [0.15, 0.2) is 249 Å². The lowest BCUT2D eigenvalue weighted by Crippen LogP contribution is -2.11. The lowest BCUT2D eigenvalue weighted by Gasteiger charge is -2.28. The van der Waals surface area contributed by atoms with Crippen LogP contribution in [0.25, 0.3) is 108 Å². The fraction of sp³-hybridized carbons (Fsp3) is 0. The van der Waals surface area contributed by atoms with Crippen molar-refractivity contribution in [2.45, 2.75) is 0 Å². The number of hydrogen-bond donors (Lipinski definition) is 0. The van der Waals surface area contributed by atoms with E-state index in [1.54, 1.807) is 0 Å². The van der Waals surface area contributed by atoms with Crippen molar-refractivity contribution in [2.24, 2.45) is 0 Å². The third-order valence-electron chi connectivity index (χ3n) is 13.5. The number of rotatable bonds is 7. The van der Waals surface area contributed by atoms with Crippen LogP contribution in [0.2, 0.25) is 0 Å². The molecule has 0 fully saturated rings. The van der Waals surface area contributed by atoms with Crippen LogP contribution >= 0.6 is 11.3 Å². The van der Waals surface area contributed by atoms with E-state index >= 15 is 0 Å². The van der Waals surface area contributed by atoms with Gasteiger partial charge in [0.25, 0.3) is 0 Å². The summed E-state index contributed by atoms with van der Waals surface area (Å²) in [4.78, 5) is 2.42. The van der Waals surface area contributed by atoms with Gasteiger partial charge in [-0.3, -0.25) is 0 Å². The van der Waals surface area contributed by atoms with E-state index in [2.05, 4.69) is 254 Å². The first-order valence-electron chi connectivity index (χ1n) is 22.7. The molecule has 0 aliphatic carbocycles. The van der Waals surface area contributed by atoms with Crippen LogP contribution in [-0.2, 0) is 0 Å². The number of thiophene rings is 1. The highest BCUT2D eigenvalue weighted by atomic mass is 32.1. The van der Waals surface area contributed by atoms with Gasteiger partial charge in [-0.05, 0) is 131 Å². The molecule has 0 saturated heterocycles. The zero-order valence-corrected chi connectivity index (χ0v) is 36.8. The van der Waals surface area contributed by atoms with Crippen molar-refractivity contribution in [1.82, 2.24) is 0 Å². The summed E-state index contributed by atoms with van der Waals surface area (Å²) in [6, 6.07) is 91.5. The van der Waals surface area contributed by atoms with Gasteiger partial charge in [-0.2, -0.15) is 0 Å². The van der Waals surface area contributed by atoms with Gasteiger partial charge in [-0.25, -0.2) is 0 Å². The van der Waals surface area contributed by atoms with Gasteiger partial charge in [0.15, 0.2) is 0 Å². The number of nitrogens with zero attached hydrogens (tertiary/aromatic N) is 1. The molecular formula is C64H41NS. The largest absolute Gasteiger partial charge is 0.310 e. The number of benzene rings is 12. The summed E-state index contributed by atoms with van der Waals surface area (Å²) < 4.78 is 2.64. The van der Waals surface area contributed by atoms with E-state index < -0.39 is 0 Å². The standard InChI is InChI=1S/C64H41NS/c1-2-18-50-43(14-1)15-12-25-51(50)46-16-11-17-47(40-46)52-19-7-9-28-62(52)65(49-37-32-44(33-38-49)53-26-13-27-60-59-24-8-10-29-63(59)66-64(53)60)48-35-30-42(31-36-48)45-34-39-58-56-22-4-3-20-54(56)55-21-5-6-23-57(55)61(58)41-45/h1-41H. The predicted octanol–water partition coefficient (Wildman–Crippen LogP) is 18.8. The fourth-order valence-electron chi connectivity index (χ4n) is 10.3. The van der Waals surface area contributed by atoms with Gasteiger partial charge in [0.1, 0.15) is 0 Å². The summed E-state index contributed by atoms with van der Waals surface area (Å²) in [5.74, 6) is 0. The highest BCUT2D eigenvalue weighted by molar-refractivity contribution is 7.26. The zero-order valence-electron chi connectivity index (χ0n) is 36.0. The van der Waals surface area contributed by atoms with Gasteiger partial charge >= 0.3 is 0 Å². The average Bonchev–Trinajstić information content (AvgIpc) is 3.78. The van der Waals surface area contributed by atoms with E-state index in [1.807, 2.05) is 11.3 Å². The molecule has 66 heavy (non-hydrogen) atoms. The Kier molecular flexibility index (Phi) is 9.11. The molecular weight excluding hydrogens is 815 g/mol. The minimum Gasteiger partial charge on any atom is -0.310 e. The summed E-state index contributed by atoms with van der Waals surface area (Å²) in [5.41, 5.74) is 12.9. The molecule has 0 spiro atoms. The molecule has 12 aromatic carbocycles. The molecule has 0 aliphatic rings. The topological polar surface area (TPSA) is 3.24 Å². The first-order valence-corrected chi connectivity index (χ1v) is 23.5. The van der Waals surface area contributed by atoms with Gasteiger partial charge in [0, 0.05) is 37.1 Å². The minimum atomic E-state index is 1.09. The predicted molar refractivity (Wildman–Crippen MR) is 286 cm³/mol. The summed E-state index contributed by atoms with van der Waals surface area (Å²) >= 11 is 1.88. The van der Waals surface area contributed by atoms with Crippen LogP contribution in [0.5, 0.6) is 0 Å². The Hall–Kier alpha value is -8.30. The second-order valence-corrected chi connectivity index (χ2v) is 18.2. The van der Waals surface area contributed by atoms with Gasteiger partial charge in [0.2, 0.25) is 0 Å². The minimum absolute atomic E-state index is 1.09. The Labute approximate surface area is 387 Å². The first-order chi connectivity index (χ1) is 32.7. The van der Waals surface area contributed by atoms with Gasteiger partial charge < -0.3 is 4.90 Å². The van der Waals surface area contributed by atoms with Crippen molar-refractivity contribution < 1.29 is 0 Å². The molecule has 0 unspecified atom stereocenters. The molecule has 0 bridgehead atoms. The Morgan fingerprint density at radius 3 is 1.48 bits per heavy atom. The van der Waals surface area contributed by atoms with E-state index in [-0.39, 0.29) is 0 Å². The fourth-order valence-corrected chi connectivity index (χ4v) is 11.6. The molecule has 0 radical (unpaired) electrons. The normalized spacial score (nSPS) is 11.6. The van der Waals surface area contributed by atoms with E-state index in [9.17, 15) is 0 Å². The molecule has 0 N–H and O–H groups in total.